The molecule has 19 heavy (non-hydrogen) atoms. The van der Waals surface area contributed by atoms with Gasteiger partial charge in [0, 0.05) is 22.4 Å². The average molecular weight is 260 g/mol. The maximum atomic E-state index is 8.44. The van der Waals surface area contributed by atoms with Crippen molar-refractivity contribution in [3.8, 4) is 0 Å². The molecule has 0 aliphatic heterocycles. The first-order valence-electron chi connectivity index (χ1n) is 5.97. The number of nitrogens with zero attached hydrogens (tertiary/aromatic N) is 6. The highest BCUT2D eigenvalue weighted by Gasteiger charge is 2.11. The van der Waals surface area contributed by atoms with E-state index in [2.05, 4.69) is 20.1 Å². The van der Waals surface area contributed by atoms with E-state index in [1.54, 1.807) is 0 Å². The van der Waals surface area contributed by atoms with E-state index in [0.717, 1.165) is 5.56 Å². The van der Waals surface area contributed by atoms with Crippen LogP contribution in [0.3, 0.4) is 0 Å². The maximum Gasteiger partial charge on any atom is 0.0720 e. The van der Waals surface area contributed by atoms with Crippen molar-refractivity contribution in [3.05, 3.63) is 56.8 Å². The largest absolute Gasteiger partial charge is 0.374 e. The second-order valence-electron chi connectivity index (χ2n) is 4.12. The van der Waals surface area contributed by atoms with Gasteiger partial charge in [0.25, 0.3) is 0 Å². The third kappa shape index (κ3) is 6.33. The molecule has 0 aliphatic rings. The topological polar surface area (TPSA) is 107 Å². The standard InChI is InChI=1S/C12H16N6O/c1-10(7-12(16-18-14)8-15-17-13)19-9-11-5-3-2-4-6-11/h2-6,10,12H,7-9H2,1H3. The molecule has 0 spiro atoms. The minimum absolute atomic E-state index is 0.0791. The summed E-state index contributed by atoms with van der Waals surface area (Å²) in [5, 5.41) is 7.01. The lowest BCUT2D eigenvalue weighted by atomic mass is 10.1. The van der Waals surface area contributed by atoms with E-state index in [4.69, 9.17) is 15.8 Å². The summed E-state index contributed by atoms with van der Waals surface area (Å²) in [6.45, 7) is 2.56. The fraction of sp³-hybridized carbons (Fsp3) is 0.500. The van der Waals surface area contributed by atoms with Crippen LogP contribution in [0.15, 0.2) is 40.6 Å². The molecule has 0 aromatic heterocycles. The number of azide groups is 2. The number of ether oxygens (including phenoxy) is 1. The van der Waals surface area contributed by atoms with Crippen molar-refractivity contribution < 1.29 is 4.74 Å². The molecule has 0 saturated carbocycles. The molecule has 0 aliphatic carbocycles. The Morgan fingerprint density at radius 2 is 1.95 bits per heavy atom. The van der Waals surface area contributed by atoms with E-state index in [1.807, 2.05) is 37.3 Å². The Labute approximate surface area is 111 Å². The van der Waals surface area contributed by atoms with E-state index in [0.29, 0.717) is 13.0 Å². The lowest BCUT2D eigenvalue weighted by molar-refractivity contribution is 0.0438. The molecular formula is C12H16N6O. The summed E-state index contributed by atoms with van der Waals surface area (Å²) in [4.78, 5) is 5.41. The predicted octanol–water partition coefficient (Wildman–Crippen LogP) is 3.97. The van der Waals surface area contributed by atoms with Crippen LogP contribution in [0.4, 0.5) is 0 Å². The Balaban J connectivity index is 2.41. The van der Waals surface area contributed by atoms with Crippen LogP contribution >= 0.6 is 0 Å². The lowest BCUT2D eigenvalue weighted by Gasteiger charge is -2.16. The van der Waals surface area contributed by atoms with Gasteiger partial charge in [-0.15, -0.1) is 0 Å². The van der Waals surface area contributed by atoms with E-state index in [-0.39, 0.29) is 18.7 Å². The zero-order valence-corrected chi connectivity index (χ0v) is 10.8. The zero-order chi connectivity index (χ0) is 13.9. The molecule has 0 N–H and O–H groups in total. The monoisotopic (exact) mass is 260 g/mol. The average Bonchev–Trinajstić information content (AvgIpc) is 2.44. The molecule has 0 amide bonds. The van der Waals surface area contributed by atoms with Crippen LogP contribution in [-0.2, 0) is 11.3 Å². The quantitative estimate of drug-likeness (QED) is 0.393. The zero-order valence-electron chi connectivity index (χ0n) is 10.8. The Hall–Kier alpha value is -2.20. The summed E-state index contributed by atoms with van der Waals surface area (Å²) in [6.07, 6.45) is 0.445. The van der Waals surface area contributed by atoms with Crippen molar-refractivity contribution in [1.82, 2.24) is 0 Å². The summed E-state index contributed by atoms with van der Waals surface area (Å²) in [6, 6.07) is 9.45. The molecule has 1 aromatic carbocycles. The van der Waals surface area contributed by atoms with Crippen LogP contribution in [0.25, 0.3) is 20.9 Å². The highest BCUT2D eigenvalue weighted by atomic mass is 16.5. The van der Waals surface area contributed by atoms with Gasteiger partial charge >= 0.3 is 0 Å². The van der Waals surface area contributed by atoms with Crippen molar-refractivity contribution in [1.29, 1.82) is 0 Å². The Morgan fingerprint density at radius 1 is 1.21 bits per heavy atom. The molecule has 2 unspecified atom stereocenters. The minimum Gasteiger partial charge on any atom is -0.374 e. The second kappa shape index (κ2) is 8.83. The van der Waals surface area contributed by atoms with Crippen LogP contribution in [0, 0.1) is 0 Å². The first-order chi connectivity index (χ1) is 9.26. The first kappa shape index (κ1) is 14.9. The van der Waals surface area contributed by atoms with Gasteiger partial charge in [-0.2, -0.15) is 0 Å². The highest BCUT2D eigenvalue weighted by molar-refractivity contribution is 5.13. The molecule has 0 radical (unpaired) electrons. The highest BCUT2D eigenvalue weighted by Crippen LogP contribution is 2.10. The summed E-state index contributed by atoms with van der Waals surface area (Å²) in [5.41, 5.74) is 17.8. The van der Waals surface area contributed by atoms with Gasteiger partial charge in [0.15, 0.2) is 0 Å². The molecule has 0 bridgehead atoms. The minimum atomic E-state index is -0.369. The van der Waals surface area contributed by atoms with Crippen molar-refractivity contribution in [2.24, 2.45) is 10.2 Å². The SMILES string of the molecule is CC(CC(CN=[N+]=[N-])N=[N+]=[N-])OCc1ccccc1. The predicted molar refractivity (Wildman–Crippen MR) is 72.3 cm³/mol. The van der Waals surface area contributed by atoms with Crippen LogP contribution < -0.4 is 0 Å². The van der Waals surface area contributed by atoms with Crippen LogP contribution in [0.5, 0.6) is 0 Å². The molecule has 2 atom stereocenters. The molecule has 1 aromatic rings. The lowest BCUT2D eigenvalue weighted by Crippen LogP contribution is -2.18. The summed E-state index contributed by atoms with van der Waals surface area (Å²) in [7, 11) is 0. The van der Waals surface area contributed by atoms with Gasteiger partial charge in [-0.25, -0.2) is 0 Å². The van der Waals surface area contributed by atoms with Gasteiger partial charge in [0.2, 0.25) is 0 Å². The summed E-state index contributed by atoms with van der Waals surface area (Å²) in [5.74, 6) is 0. The summed E-state index contributed by atoms with van der Waals surface area (Å²) < 4.78 is 5.67. The molecule has 0 saturated heterocycles. The molecule has 7 heteroatoms. The van der Waals surface area contributed by atoms with Gasteiger partial charge in [-0.05, 0) is 30.0 Å². The Bertz CT molecular complexity index is 464. The number of benzene rings is 1. The third-order valence-electron chi connectivity index (χ3n) is 2.55. The van der Waals surface area contributed by atoms with Crippen molar-refractivity contribution in [2.75, 3.05) is 6.54 Å². The van der Waals surface area contributed by atoms with Gasteiger partial charge < -0.3 is 4.74 Å². The van der Waals surface area contributed by atoms with Crippen molar-refractivity contribution in [2.45, 2.75) is 32.1 Å². The van der Waals surface area contributed by atoms with Crippen LogP contribution in [-0.4, -0.2) is 18.7 Å². The second-order valence-corrected chi connectivity index (χ2v) is 4.12. The molecule has 1 rings (SSSR count). The molecule has 0 fully saturated rings. The number of hydrogen-bond donors (Lipinski definition) is 0. The van der Waals surface area contributed by atoms with Gasteiger partial charge in [-0.3, -0.25) is 0 Å². The van der Waals surface area contributed by atoms with Crippen LogP contribution in [0.1, 0.15) is 18.9 Å². The number of hydrogen-bond acceptors (Lipinski definition) is 3. The Morgan fingerprint density at radius 3 is 2.58 bits per heavy atom. The summed E-state index contributed by atoms with van der Waals surface area (Å²) >= 11 is 0. The Kier molecular flexibility index (Phi) is 6.90. The normalized spacial score (nSPS) is 12.9. The molecule has 0 heterocycles. The molecular weight excluding hydrogens is 244 g/mol. The fourth-order valence-electron chi connectivity index (χ4n) is 1.63. The van der Waals surface area contributed by atoms with E-state index in [1.165, 1.54) is 0 Å². The first-order valence-corrected chi connectivity index (χ1v) is 5.97. The van der Waals surface area contributed by atoms with E-state index in [9.17, 15) is 0 Å². The fourth-order valence-corrected chi connectivity index (χ4v) is 1.63. The number of rotatable bonds is 8. The molecule has 7 nitrogen and oxygen atoms in total. The van der Waals surface area contributed by atoms with Crippen molar-refractivity contribution >= 4 is 0 Å². The smallest absolute Gasteiger partial charge is 0.0720 e. The third-order valence-corrected chi connectivity index (χ3v) is 2.55. The van der Waals surface area contributed by atoms with Gasteiger partial charge in [0.05, 0.1) is 12.7 Å². The van der Waals surface area contributed by atoms with Crippen LogP contribution in [0.2, 0.25) is 0 Å². The van der Waals surface area contributed by atoms with Gasteiger partial charge in [0.1, 0.15) is 0 Å². The maximum absolute atomic E-state index is 8.44. The van der Waals surface area contributed by atoms with Crippen molar-refractivity contribution in [3.63, 3.8) is 0 Å². The molecule has 100 valence electrons. The van der Waals surface area contributed by atoms with E-state index >= 15 is 0 Å². The van der Waals surface area contributed by atoms with Gasteiger partial charge in [-0.1, -0.05) is 40.6 Å². The van der Waals surface area contributed by atoms with E-state index < -0.39 is 0 Å².